The maximum Gasteiger partial charge on any atom is 0.266 e. The smallest absolute Gasteiger partial charge is 0.266 e. The molecule has 0 radical (unpaired) electrons. The Balaban J connectivity index is 1.92. The van der Waals surface area contributed by atoms with Crippen LogP contribution in [-0.2, 0) is 10.0 Å². The molecule has 28 heavy (non-hydrogen) atoms. The van der Waals surface area contributed by atoms with E-state index in [1.807, 2.05) is 30.5 Å². The molecular formula is C20H18Cl2N2O3S. The Morgan fingerprint density at radius 2 is 1.57 bits per heavy atom. The summed E-state index contributed by atoms with van der Waals surface area (Å²) < 4.78 is 29.3. The third-order valence-corrected chi connectivity index (χ3v) is 6.66. The molecule has 2 aromatic carbocycles. The van der Waals surface area contributed by atoms with Gasteiger partial charge in [-0.3, -0.25) is 4.79 Å². The van der Waals surface area contributed by atoms with Crippen LogP contribution in [-0.4, -0.2) is 18.9 Å². The maximum atomic E-state index is 12.6. The lowest BCUT2D eigenvalue weighted by molar-refractivity contribution is 0.0981. The number of benzene rings is 2. The first kappa shape index (κ1) is 20.5. The molecule has 0 aliphatic rings. The monoisotopic (exact) mass is 436 g/mol. The second kappa shape index (κ2) is 7.62. The molecular weight excluding hydrogens is 419 g/mol. The number of halogens is 2. The molecule has 1 amide bonds. The predicted molar refractivity (Wildman–Crippen MR) is 111 cm³/mol. The fraction of sp³-hybridized carbons (Fsp3) is 0.150. The topological polar surface area (TPSA) is 68.2 Å². The first-order valence-corrected chi connectivity index (χ1v) is 10.6. The summed E-state index contributed by atoms with van der Waals surface area (Å²) >= 11 is 12.3. The molecule has 1 aromatic heterocycles. The number of carbonyl (C=O) groups is 1. The van der Waals surface area contributed by atoms with Crippen LogP contribution < -0.4 is 4.72 Å². The SMILES string of the molecule is Cc1c(Cl)cccc1S(=O)(=O)NC(=O)c1ccc(-n2c(C)ccc2C)cc1Cl. The van der Waals surface area contributed by atoms with Crippen molar-refractivity contribution in [2.75, 3.05) is 0 Å². The molecule has 1 heterocycles. The van der Waals surface area contributed by atoms with Crippen LogP contribution in [0.3, 0.4) is 0 Å². The van der Waals surface area contributed by atoms with Crippen molar-refractivity contribution in [3.05, 3.63) is 81.1 Å². The lowest BCUT2D eigenvalue weighted by atomic mass is 10.2. The van der Waals surface area contributed by atoms with E-state index in [0.717, 1.165) is 17.1 Å². The third-order valence-electron chi connectivity index (χ3n) is 4.46. The highest BCUT2D eigenvalue weighted by Gasteiger charge is 2.23. The minimum Gasteiger partial charge on any atom is -0.318 e. The average Bonchev–Trinajstić information content (AvgIpc) is 2.95. The fourth-order valence-corrected chi connectivity index (χ4v) is 4.74. The highest BCUT2D eigenvalue weighted by molar-refractivity contribution is 7.90. The van der Waals surface area contributed by atoms with Gasteiger partial charge >= 0.3 is 0 Å². The molecule has 0 saturated carbocycles. The second-order valence-electron chi connectivity index (χ2n) is 6.41. The predicted octanol–water partition coefficient (Wildman–Crippen LogP) is 4.83. The number of hydrogen-bond donors (Lipinski definition) is 1. The lowest BCUT2D eigenvalue weighted by Crippen LogP contribution is -2.31. The molecule has 3 rings (SSSR count). The number of amides is 1. The average molecular weight is 437 g/mol. The van der Waals surface area contributed by atoms with E-state index in [-0.39, 0.29) is 15.5 Å². The van der Waals surface area contributed by atoms with Crippen molar-refractivity contribution in [2.24, 2.45) is 0 Å². The van der Waals surface area contributed by atoms with Crippen LogP contribution in [0, 0.1) is 20.8 Å². The van der Waals surface area contributed by atoms with Crippen molar-refractivity contribution >= 4 is 39.1 Å². The molecule has 0 fully saturated rings. The molecule has 0 unspecified atom stereocenters. The summed E-state index contributed by atoms with van der Waals surface area (Å²) in [5.41, 5.74) is 3.25. The summed E-state index contributed by atoms with van der Waals surface area (Å²) in [5.74, 6) is -0.808. The Bertz CT molecular complexity index is 1160. The number of aromatic nitrogens is 1. The summed E-state index contributed by atoms with van der Waals surface area (Å²) in [5, 5.41) is 0.454. The summed E-state index contributed by atoms with van der Waals surface area (Å²) in [6.07, 6.45) is 0. The Hall–Kier alpha value is -2.28. The number of aryl methyl sites for hydroxylation is 2. The van der Waals surface area contributed by atoms with Crippen LogP contribution >= 0.6 is 23.2 Å². The standard InChI is InChI=1S/C20H18Cl2N2O3S/c1-12-7-8-13(2)24(12)15-9-10-16(18(22)11-15)20(25)23-28(26,27)19-6-4-5-17(21)14(19)3/h4-11H,1-3H3,(H,23,25). The van der Waals surface area contributed by atoms with Crippen LogP contribution in [0.5, 0.6) is 0 Å². The first-order chi connectivity index (χ1) is 13.1. The highest BCUT2D eigenvalue weighted by atomic mass is 35.5. The Kier molecular flexibility index (Phi) is 5.57. The van der Waals surface area contributed by atoms with Crippen molar-refractivity contribution in [1.82, 2.24) is 9.29 Å². The lowest BCUT2D eigenvalue weighted by Gasteiger charge is -2.13. The number of hydrogen-bond acceptors (Lipinski definition) is 3. The van der Waals surface area contributed by atoms with Gasteiger partial charge in [-0.25, -0.2) is 13.1 Å². The van der Waals surface area contributed by atoms with Gasteiger partial charge in [0.15, 0.2) is 0 Å². The Labute approximate surface area is 174 Å². The van der Waals surface area contributed by atoms with E-state index in [0.29, 0.717) is 10.6 Å². The van der Waals surface area contributed by atoms with Gasteiger partial charge in [0.25, 0.3) is 15.9 Å². The summed E-state index contributed by atoms with van der Waals surface area (Å²) in [7, 11) is -4.09. The minimum atomic E-state index is -4.09. The van der Waals surface area contributed by atoms with E-state index in [9.17, 15) is 13.2 Å². The van der Waals surface area contributed by atoms with Gasteiger partial charge in [-0.05, 0) is 68.8 Å². The number of nitrogens with one attached hydrogen (secondary N) is 1. The van der Waals surface area contributed by atoms with Crippen molar-refractivity contribution in [3.63, 3.8) is 0 Å². The largest absolute Gasteiger partial charge is 0.318 e. The number of nitrogens with zero attached hydrogens (tertiary/aromatic N) is 1. The van der Waals surface area contributed by atoms with Gasteiger partial charge in [-0.1, -0.05) is 29.3 Å². The molecule has 0 saturated heterocycles. The molecule has 5 nitrogen and oxygen atoms in total. The molecule has 146 valence electrons. The van der Waals surface area contributed by atoms with Crippen molar-refractivity contribution in [1.29, 1.82) is 0 Å². The zero-order chi connectivity index (χ0) is 20.6. The maximum absolute atomic E-state index is 12.6. The van der Waals surface area contributed by atoms with E-state index < -0.39 is 15.9 Å². The van der Waals surface area contributed by atoms with Crippen LogP contribution in [0.25, 0.3) is 5.69 Å². The van der Waals surface area contributed by atoms with E-state index >= 15 is 0 Å². The van der Waals surface area contributed by atoms with Gasteiger partial charge in [0, 0.05) is 22.1 Å². The van der Waals surface area contributed by atoms with E-state index in [4.69, 9.17) is 23.2 Å². The van der Waals surface area contributed by atoms with Crippen LogP contribution in [0.2, 0.25) is 10.0 Å². The highest BCUT2D eigenvalue weighted by Crippen LogP contribution is 2.25. The van der Waals surface area contributed by atoms with E-state index in [2.05, 4.69) is 4.72 Å². The Morgan fingerprint density at radius 3 is 2.18 bits per heavy atom. The zero-order valence-corrected chi connectivity index (χ0v) is 17.8. The fourth-order valence-electron chi connectivity index (χ4n) is 3.01. The molecule has 0 aliphatic heterocycles. The van der Waals surface area contributed by atoms with Gasteiger partial charge in [0.05, 0.1) is 15.5 Å². The van der Waals surface area contributed by atoms with E-state index in [1.165, 1.54) is 18.2 Å². The van der Waals surface area contributed by atoms with Gasteiger partial charge in [-0.2, -0.15) is 0 Å². The van der Waals surface area contributed by atoms with Crippen molar-refractivity contribution < 1.29 is 13.2 Å². The second-order valence-corrected chi connectivity index (χ2v) is 8.88. The van der Waals surface area contributed by atoms with Crippen LogP contribution in [0.1, 0.15) is 27.3 Å². The first-order valence-electron chi connectivity index (χ1n) is 8.39. The molecule has 1 N–H and O–H groups in total. The van der Waals surface area contributed by atoms with Gasteiger partial charge in [0.2, 0.25) is 0 Å². The molecule has 0 bridgehead atoms. The third kappa shape index (κ3) is 3.81. The van der Waals surface area contributed by atoms with Crippen molar-refractivity contribution in [2.45, 2.75) is 25.7 Å². The minimum absolute atomic E-state index is 0.0558. The van der Waals surface area contributed by atoms with Gasteiger partial charge in [-0.15, -0.1) is 0 Å². The summed E-state index contributed by atoms with van der Waals surface area (Å²) in [6, 6.07) is 13.3. The zero-order valence-electron chi connectivity index (χ0n) is 15.5. The molecule has 0 spiro atoms. The molecule has 3 aromatic rings. The summed E-state index contributed by atoms with van der Waals surface area (Å²) in [6.45, 7) is 5.49. The van der Waals surface area contributed by atoms with Gasteiger partial charge < -0.3 is 4.57 Å². The summed E-state index contributed by atoms with van der Waals surface area (Å²) in [4.78, 5) is 12.5. The molecule has 8 heteroatoms. The Morgan fingerprint density at radius 1 is 0.929 bits per heavy atom. The van der Waals surface area contributed by atoms with E-state index in [1.54, 1.807) is 25.1 Å². The van der Waals surface area contributed by atoms with Crippen LogP contribution in [0.4, 0.5) is 0 Å². The molecule has 0 aliphatic carbocycles. The normalized spacial score (nSPS) is 11.5. The number of rotatable bonds is 4. The van der Waals surface area contributed by atoms with Gasteiger partial charge in [0.1, 0.15) is 0 Å². The van der Waals surface area contributed by atoms with Crippen molar-refractivity contribution in [3.8, 4) is 5.69 Å². The number of carbonyl (C=O) groups excluding carboxylic acids is 1. The molecule has 0 atom stereocenters. The van der Waals surface area contributed by atoms with Crippen LogP contribution in [0.15, 0.2) is 53.4 Å². The quantitative estimate of drug-likeness (QED) is 0.636. The number of sulfonamides is 1.